The zero-order chi connectivity index (χ0) is 21.8. The fourth-order valence-electron chi connectivity index (χ4n) is 4.41. The van der Waals surface area contributed by atoms with E-state index in [1.165, 1.54) is 6.26 Å². The summed E-state index contributed by atoms with van der Waals surface area (Å²) in [5.41, 5.74) is -0.440. The minimum absolute atomic E-state index is 0.0191. The highest BCUT2D eigenvalue weighted by molar-refractivity contribution is 5.79. The van der Waals surface area contributed by atoms with Crippen LogP contribution in [0.2, 0.25) is 0 Å². The molecule has 1 aliphatic carbocycles. The summed E-state index contributed by atoms with van der Waals surface area (Å²) in [7, 11) is 1.76. The van der Waals surface area contributed by atoms with E-state index in [0.717, 1.165) is 32.1 Å². The zero-order valence-corrected chi connectivity index (χ0v) is 17.7. The van der Waals surface area contributed by atoms with E-state index in [1.54, 1.807) is 24.1 Å². The Kier molecular flexibility index (Phi) is 5.97. The number of furan rings is 1. The van der Waals surface area contributed by atoms with Crippen molar-refractivity contribution >= 4 is 11.8 Å². The molecule has 9 heteroatoms. The molecule has 1 saturated carbocycles. The Morgan fingerprint density at radius 2 is 1.97 bits per heavy atom. The van der Waals surface area contributed by atoms with E-state index in [2.05, 4.69) is 22.0 Å². The van der Waals surface area contributed by atoms with Crippen molar-refractivity contribution in [1.82, 2.24) is 14.8 Å². The third kappa shape index (κ3) is 4.14. The van der Waals surface area contributed by atoms with Crippen LogP contribution in [0, 0.1) is 22.7 Å². The fraction of sp³-hybridized carbons (Fsp3) is 0.545. The number of rotatable bonds is 5. The highest BCUT2D eigenvalue weighted by atomic mass is 16.4. The smallest absolute Gasteiger partial charge is 0.266 e. The lowest BCUT2D eigenvalue weighted by molar-refractivity contribution is -0.136. The molecule has 1 saturated heterocycles. The van der Waals surface area contributed by atoms with E-state index in [1.807, 2.05) is 4.90 Å². The predicted molar refractivity (Wildman–Crippen MR) is 112 cm³/mol. The predicted octanol–water partition coefficient (Wildman–Crippen LogP) is 2.61. The number of carbonyl (C=O) groups excluding carboxylic acids is 1. The summed E-state index contributed by atoms with van der Waals surface area (Å²) in [6.45, 7) is 2.82. The van der Waals surface area contributed by atoms with Crippen molar-refractivity contribution in [3.05, 3.63) is 24.1 Å². The van der Waals surface area contributed by atoms with E-state index < -0.39 is 5.54 Å². The lowest BCUT2D eigenvalue weighted by Crippen LogP contribution is -2.55. The number of anilines is 1. The number of likely N-dealkylation sites (N-methyl/N-ethyl adjacent to an activating group) is 1. The van der Waals surface area contributed by atoms with Crippen LogP contribution in [-0.2, 0) is 4.79 Å². The van der Waals surface area contributed by atoms with Crippen LogP contribution in [0.25, 0.3) is 11.7 Å². The molecule has 1 aliphatic heterocycles. The molecule has 162 valence electrons. The van der Waals surface area contributed by atoms with Crippen LogP contribution in [0.15, 0.2) is 27.2 Å². The molecule has 0 bridgehead atoms. The summed E-state index contributed by atoms with van der Waals surface area (Å²) >= 11 is 0. The van der Waals surface area contributed by atoms with E-state index in [-0.39, 0.29) is 24.0 Å². The van der Waals surface area contributed by atoms with Crippen LogP contribution < -0.4 is 4.90 Å². The number of carbonyl (C=O) groups is 1. The van der Waals surface area contributed by atoms with Crippen LogP contribution >= 0.6 is 0 Å². The molecule has 2 fully saturated rings. The molecule has 2 aliphatic rings. The maximum Gasteiger partial charge on any atom is 0.266 e. The summed E-state index contributed by atoms with van der Waals surface area (Å²) in [6, 6.07) is 7.97. The van der Waals surface area contributed by atoms with Crippen molar-refractivity contribution in [3.8, 4) is 23.8 Å². The van der Waals surface area contributed by atoms with Gasteiger partial charge in [-0.2, -0.15) is 15.5 Å². The van der Waals surface area contributed by atoms with E-state index in [9.17, 15) is 15.3 Å². The standard InChI is InChI=1S/C22H26N6O3/c1-26(22(16-24)7-3-2-4-8-22)19(29)15-27-9-11-28(12-10-27)21-17(14-23)25-20(31-21)18-6-5-13-30-18/h5-6,13H,2-4,7-12,15H2,1H3. The van der Waals surface area contributed by atoms with Gasteiger partial charge >= 0.3 is 0 Å². The average Bonchev–Trinajstić information content (AvgIpc) is 3.49. The molecular weight excluding hydrogens is 396 g/mol. The molecule has 0 unspecified atom stereocenters. The van der Waals surface area contributed by atoms with Gasteiger partial charge in [-0.1, -0.05) is 19.3 Å². The van der Waals surface area contributed by atoms with Gasteiger partial charge in [0.15, 0.2) is 5.76 Å². The Hall–Kier alpha value is -3.30. The third-order valence-electron chi connectivity index (χ3n) is 6.37. The number of amides is 1. The molecule has 3 heterocycles. The Labute approximate surface area is 181 Å². The van der Waals surface area contributed by atoms with Crippen LogP contribution in [0.1, 0.15) is 37.8 Å². The lowest BCUT2D eigenvalue weighted by atomic mass is 9.81. The Balaban J connectivity index is 1.37. The molecule has 1 amide bonds. The highest BCUT2D eigenvalue weighted by Gasteiger charge is 2.39. The summed E-state index contributed by atoms with van der Waals surface area (Å²) in [4.78, 5) is 22.9. The topological polar surface area (TPSA) is 114 Å². The number of oxazole rings is 1. The molecule has 9 nitrogen and oxygen atoms in total. The summed E-state index contributed by atoms with van der Waals surface area (Å²) < 4.78 is 11.1. The first-order valence-electron chi connectivity index (χ1n) is 10.7. The molecule has 0 atom stereocenters. The minimum atomic E-state index is -0.666. The third-order valence-corrected chi connectivity index (χ3v) is 6.37. The van der Waals surface area contributed by atoms with Gasteiger partial charge in [0.2, 0.25) is 17.5 Å². The summed E-state index contributed by atoms with van der Waals surface area (Å²) in [5.74, 6) is 1.17. The number of hydrogen-bond acceptors (Lipinski definition) is 8. The van der Waals surface area contributed by atoms with E-state index in [4.69, 9.17) is 8.83 Å². The second kappa shape index (κ2) is 8.83. The molecular formula is C22H26N6O3. The van der Waals surface area contributed by atoms with Crippen molar-refractivity contribution < 1.29 is 13.6 Å². The number of hydrogen-bond donors (Lipinski definition) is 0. The van der Waals surface area contributed by atoms with Gasteiger partial charge in [0.1, 0.15) is 11.6 Å². The molecule has 2 aromatic rings. The first-order valence-corrected chi connectivity index (χ1v) is 10.7. The lowest BCUT2D eigenvalue weighted by Gasteiger charge is -2.40. The molecule has 0 aromatic carbocycles. The average molecular weight is 422 g/mol. The van der Waals surface area contributed by atoms with E-state index >= 15 is 0 Å². The number of nitrogens with zero attached hydrogens (tertiary/aromatic N) is 6. The van der Waals surface area contributed by atoms with Gasteiger partial charge in [0.25, 0.3) is 5.89 Å². The Morgan fingerprint density at radius 1 is 1.23 bits per heavy atom. The molecule has 0 spiro atoms. The number of aromatic nitrogens is 1. The second-order valence-electron chi connectivity index (χ2n) is 8.18. The van der Waals surface area contributed by atoms with Crippen molar-refractivity contribution in [1.29, 1.82) is 10.5 Å². The molecule has 31 heavy (non-hydrogen) atoms. The van der Waals surface area contributed by atoms with Gasteiger partial charge in [-0.05, 0) is 25.0 Å². The van der Waals surface area contributed by atoms with Crippen LogP contribution in [-0.4, -0.2) is 66.0 Å². The number of piperazine rings is 1. The monoisotopic (exact) mass is 422 g/mol. The first kappa shape index (κ1) is 21.0. The Bertz CT molecular complexity index is 986. The van der Waals surface area contributed by atoms with Gasteiger partial charge in [0, 0.05) is 33.2 Å². The van der Waals surface area contributed by atoms with Crippen LogP contribution in [0.5, 0.6) is 0 Å². The van der Waals surface area contributed by atoms with Gasteiger partial charge in [-0.15, -0.1) is 0 Å². The normalized spacial score (nSPS) is 18.9. The zero-order valence-electron chi connectivity index (χ0n) is 17.7. The van der Waals surface area contributed by atoms with Crippen molar-refractivity contribution in [2.24, 2.45) is 0 Å². The maximum absolute atomic E-state index is 12.9. The summed E-state index contributed by atoms with van der Waals surface area (Å²) in [6.07, 6.45) is 6.13. The fourth-order valence-corrected chi connectivity index (χ4v) is 4.41. The van der Waals surface area contributed by atoms with Crippen molar-refractivity contribution in [2.45, 2.75) is 37.6 Å². The van der Waals surface area contributed by atoms with Crippen LogP contribution in [0.3, 0.4) is 0 Å². The summed E-state index contributed by atoms with van der Waals surface area (Å²) in [5, 5.41) is 19.2. The molecule has 0 radical (unpaired) electrons. The van der Waals surface area contributed by atoms with Crippen molar-refractivity contribution in [2.75, 3.05) is 44.7 Å². The second-order valence-corrected chi connectivity index (χ2v) is 8.18. The van der Waals surface area contributed by atoms with Crippen LogP contribution in [0.4, 0.5) is 5.88 Å². The number of nitriles is 2. The van der Waals surface area contributed by atoms with Gasteiger partial charge in [0.05, 0.1) is 18.9 Å². The van der Waals surface area contributed by atoms with Gasteiger partial charge in [-0.25, -0.2) is 0 Å². The maximum atomic E-state index is 12.9. The Morgan fingerprint density at radius 3 is 2.58 bits per heavy atom. The molecule has 2 aromatic heterocycles. The minimum Gasteiger partial charge on any atom is -0.459 e. The van der Waals surface area contributed by atoms with Gasteiger partial charge < -0.3 is 18.6 Å². The SMILES string of the molecule is CN(C(=O)CN1CCN(c2oc(-c3ccco3)nc2C#N)CC1)C1(C#N)CCCCC1. The molecule has 0 N–H and O–H groups in total. The van der Waals surface area contributed by atoms with Gasteiger partial charge in [-0.3, -0.25) is 9.69 Å². The largest absolute Gasteiger partial charge is 0.459 e. The first-order chi connectivity index (χ1) is 15.1. The van der Waals surface area contributed by atoms with Crippen molar-refractivity contribution in [3.63, 3.8) is 0 Å². The molecule has 4 rings (SSSR count). The van der Waals surface area contributed by atoms with E-state index in [0.29, 0.717) is 37.8 Å². The highest BCUT2D eigenvalue weighted by Crippen LogP contribution is 2.33. The quantitative estimate of drug-likeness (QED) is 0.722.